The standard InChI is InChI=1S/C8H12N2S3/c1-8(2)5(11)9(3)7(13)10(4)6(8)12/h1-4H3. The molecule has 72 valence electrons. The fourth-order valence-corrected chi connectivity index (χ4v) is 2.06. The largest absolute Gasteiger partial charge is 0.315 e. The molecule has 0 aromatic carbocycles. The summed E-state index contributed by atoms with van der Waals surface area (Å²) < 4.78 is 0. The molecule has 2 nitrogen and oxygen atoms in total. The maximum absolute atomic E-state index is 5.30. The van der Waals surface area contributed by atoms with Gasteiger partial charge in [0.05, 0.1) is 15.4 Å². The first-order valence-corrected chi connectivity index (χ1v) is 5.13. The Hall–Kier alpha value is -0.130. The van der Waals surface area contributed by atoms with Gasteiger partial charge in [0.25, 0.3) is 0 Å². The zero-order valence-electron chi connectivity index (χ0n) is 8.12. The number of hydrogen-bond donors (Lipinski definition) is 0. The topological polar surface area (TPSA) is 6.48 Å². The lowest BCUT2D eigenvalue weighted by Crippen LogP contribution is -2.59. The summed E-state index contributed by atoms with van der Waals surface area (Å²) in [5, 5.41) is 0.675. The van der Waals surface area contributed by atoms with E-state index >= 15 is 0 Å². The smallest absolute Gasteiger partial charge is 0.180 e. The van der Waals surface area contributed by atoms with Crippen LogP contribution in [0.25, 0.3) is 0 Å². The highest BCUT2D eigenvalue weighted by molar-refractivity contribution is 7.83. The first kappa shape index (κ1) is 10.9. The molecule has 13 heavy (non-hydrogen) atoms. The average Bonchev–Trinajstić information content (AvgIpc) is 2.09. The van der Waals surface area contributed by atoms with E-state index in [1.165, 1.54) is 0 Å². The zero-order chi connectivity index (χ0) is 10.4. The molecule has 0 bridgehead atoms. The summed E-state index contributed by atoms with van der Waals surface area (Å²) in [6, 6.07) is 0. The van der Waals surface area contributed by atoms with Gasteiger partial charge in [0.15, 0.2) is 5.11 Å². The predicted octanol–water partition coefficient (Wildman–Crippen LogP) is 1.83. The van der Waals surface area contributed by atoms with Crippen LogP contribution in [0.4, 0.5) is 0 Å². The highest BCUT2D eigenvalue weighted by Crippen LogP contribution is 2.29. The number of hydrogen-bond acceptors (Lipinski definition) is 3. The van der Waals surface area contributed by atoms with Crippen molar-refractivity contribution in [3.63, 3.8) is 0 Å². The van der Waals surface area contributed by atoms with Gasteiger partial charge in [-0.3, -0.25) is 0 Å². The maximum atomic E-state index is 5.30. The highest BCUT2D eigenvalue weighted by atomic mass is 32.1. The molecule has 1 fully saturated rings. The van der Waals surface area contributed by atoms with Gasteiger partial charge in [-0.15, -0.1) is 0 Å². The van der Waals surface area contributed by atoms with Crippen LogP contribution >= 0.6 is 36.7 Å². The van der Waals surface area contributed by atoms with E-state index < -0.39 is 0 Å². The molecule has 0 saturated carbocycles. The van der Waals surface area contributed by atoms with Gasteiger partial charge < -0.3 is 9.80 Å². The predicted molar refractivity (Wildman–Crippen MR) is 67.1 cm³/mol. The van der Waals surface area contributed by atoms with Crippen LogP contribution in [0, 0.1) is 5.41 Å². The number of rotatable bonds is 0. The summed E-state index contributed by atoms with van der Waals surface area (Å²) in [4.78, 5) is 5.25. The molecular formula is C8H12N2S3. The molecule has 0 aromatic rings. The minimum atomic E-state index is -0.253. The molecule has 0 aliphatic carbocycles. The van der Waals surface area contributed by atoms with Gasteiger partial charge in [0.2, 0.25) is 0 Å². The summed E-state index contributed by atoms with van der Waals surface area (Å²) in [6.45, 7) is 4.04. The third-order valence-electron chi connectivity index (χ3n) is 2.25. The van der Waals surface area contributed by atoms with Gasteiger partial charge in [0.1, 0.15) is 0 Å². The molecule has 0 N–H and O–H groups in total. The normalized spacial score (nSPS) is 22.6. The molecule has 0 spiro atoms. The van der Waals surface area contributed by atoms with Gasteiger partial charge in [-0.25, -0.2) is 0 Å². The fraction of sp³-hybridized carbons (Fsp3) is 0.625. The Balaban J connectivity index is 3.15. The molecule has 1 aliphatic heterocycles. The van der Waals surface area contributed by atoms with Crippen LogP contribution < -0.4 is 0 Å². The van der Waals surface area contributed by atoms with Crippen LogP contribution in [0.1, 0.15) is 13.8 Å². The van der Waals surface area contributed by atoms with Crippen LogP contribution in [0.5, 0.6) is 0 Å². The van der Waals surface area contributed by atoms with Gasteiger partial charge in [-0.2, -0.15) is 0 Å². The molecule has 1 aliphatic rings. The lowest BCUT2D eigenvalue weighted by Gasteiger charge is -2.44. The van der Waals surface area contributed by atoms with Crippen LogP contribution in [-0.2, 0) is 0 Å². The van der Waals surface area contributed by atoms with E-state index in [9.17, 15) is 0 Å². The van der Waals surface area contributed by atoms with Crippen molar-refractivity contribution in [1.82, 2.24) is 9.80 Å². The van der Waals surface area contributed by atoms with E-state index in [0.717, 1.165) is 9.98 Å². The summed E-state index contributed by atoms with van der Waals surface area (Å²) in [7, 11) is 3.76. The summed E-state index contributed by atoms with van der Waals surface area (Å²) >= 11 is 15.8. The summed E-state index contributed by atoms with van der Waals surface area (Å²) in [5.74, 6) is 0. The fourth-order valence-electron chi connectivity index (χ4n) is 1.33. The lowest BCUT2D eigenvalue weighted by atomic mass is 9.90. The van der Waals surface area contributed by atoms with Crippen molar-refractivity contribution in [3.8, 4) is 0 Å². The Morgan fingerprint density at radius 3 is 1.54 bits per heavy atom. The molecule has 0 unspecified atom stereocenters. The lowest BCUT2D eigenvalue weighted by molar-refractivity contribution is 0.505. The first-order chi connectivity index (χ1) is 5.80. The van der Waals surface area contributed by atoms with Gasteiger partial charge in [-0.05, 0) is 26.1 Å². The van der Waals surface area contributed by atoms with Crippen molar-refractivity contribution in [2.24, 2.45) is 5.41 Å². The highest BCUT2D eigenvalue weighted by Gasteiger charge is 2.40. The monoisotopic (exact) mass is 232 g/mol. The summed E-state index contributed by atoms with van der Waals surface area (Å²) in [6.07, 6.45) is 0. The molecule has 1 saturated heterocycles. The zero-order valence-corrected chi connectivity index (χ0v) is 10.6. The van der Waals surface area contributed by atoms with E-state index in [0.29, 0.717) is 5.11 Å². The van der Waals surface area contributed by atoms with Crippen molar-refractivity contribution >= 4 is 51.7 Å². The van der Waals surface area contributed by atoms with Crippen molar-refractivity contribution < 1.29 is 0 Å². The summed E-state index contributed by atoms with van der Waals surface area (Å²) in [5.41, 5.74) is -0.253. The van der Waals surface area contributed by atoms with Gasteiger partial charge in [0, 0.05) is 14.1 Å². The van der Waals surface area contributed by atoms with Crippen LogP contribution in [0.15, 0.2) is 0 Å². The quantitative estimate of drug-likeness (QED) is 0.586. The Labute approximate surface area is 94.9 Å². The van der Waals surface area contributed by atoms with Crippen molar-refractivity contribution in [2.75, 3.05) is 14.1 Å². The second-order valence-corrected chi connectivity index (χ2v) is 4.77. The van der Waals surface area contributed by atoms with Crippen LogP contribution in [-0.4, -0.2) is 39.0 Å². The number of thiocarbonyl (C=S) groups is 3. The second-order valence-electron chi connectivity index (χ2n) is 3.64. The second kappa shape index (κ2) is 3.22. The molecular weight excluding hydrogens is 220 g/mol. The Kier molecular flexibility index (Phi) is 2.71. The van der Waals surface area contributed by atoms with E-state index in [1.807, 2.05) is 37.7 Å². The van der Waals surface area contributed by atoms with E-state index in [4.69, 9.17) is 36.7 Å². The Morgan fingerprint density at radius 2 is 1.23 bits per heavy atom. The SMILES string of the molecule is CN1C(=S)N(C)C(=S)C(C)(C)C1=S. The van der Waals surface area contributed by atoms with Crippen molar-refractivity contribution in [2.45, 2.75) is 13.8 Å². The Bertz CT molecular complexity index is 270. The Morgan fingerprint density at radius 1 is 0.923 bits per heavy atom. The van der Waals surface area contributed by atoms with Crippen molar-refractivity contribution in [1.29, 1.82) is 0 Å². The van der Waals surface area contributed by atoms with Crippen LogP contribution in [0.3, 0.4) is 0 Å². The van der Waals surface area contributed by atoms with Crippen LogP contribution in [0.2, 0.25) is 0 Å². The maximum Gasteiger partial charge on any atom is 0.180 e. The van der Waals surface area contributed by atoms with Crippen molar-refractivity contribution in [3.05, 3.63) is 0 Å². The molecule has 0 atom stereocenters. The molecule has 1 rings (SSSR count). The minimum Gasteiger partial charge on any atom is -0.315 e. The van der Waals surface area contributed by atoms with E-state index in [-0.39, 0.29) is 5.41 Å². The molecule has 1 heterocycles. The number of nitrogens with zero attached hydrogens (tertiary/aromatic N) is 2. The molecule has 0 amide bonds. The molecule has 0 radical (unpaired) electrons. The minimum absolute atomic E-state index is 0.253. The molecule has 5 heteroatoms. The van der Waals surface area contributed by atoms with E-state index in [2.05, 4.69) is 0 Å². The van der Waals surface area contributed by atoms with Gasteiger partial charge >= 0.3 is 0 Å². The van der Waals surface area contributed by atoms with E-state index in [1.54, 1.807) is 0 Å². The third kappa shape index (κ3) is 1.49. The van der Waals surface area contributed by atoms with Gasteiger partial charge in [-0.1, -0.05) is 24.4 Å². The molecule has 0 aromatic heterocycles. The first-order valence-electron chi connectivity index (χ1n) is 3.90. The average molecular weight is 232 g/mol. The third-order valence-corrected chi connectivity index (χ3v) is 4.37.